The summed E-state index contributed by atoms with van der Waals surface area (Å²) in [5.74, 6) is -0.505. The van der Waals surface area contributed by atoms with E-state index in [4.69, 9.17) is 5.11 Å². The van der Waals surface area contributed by atoms with Crippen LogP contribution in [0.4, 0.5) is 0 Å². The van der Waals surface area contributed by atoms with E-state index in [2.05, 4.69) is 10.3 Å². The summed E-state index contributed by atoms with van der Waals surface area (Å²) in [5.41, 5.74) is 1.80. The number of hydrogen-bond donors (Lipinski definition) is 2. The van der Waals surface area contributed by atoms with E-state index in [9.17, 15) is 4.79 Å². The molecule has 0 aliphatic carbocycles. The number of aliphatic carboxylic acids is 1. The van der Waals surface area contributed by atoms with Crippen molar-refractivity contribution < 1.29 is 9.90 Å². The Kier molecular flexibility index (Phi) is 3.33. The standard InChI is InChI=1S/C10H14N2O2S/c13-9(14)4-7-2-1-3-12-10(7)8-5-11-6-15-8/h5-7,10,12H,1-4H2,(H,13,14)/t7-,10+/m1/s1. The molecule has 2 rings (SSSR count). The van der Waals surface area contributed by atoms with Crippen molar-refractivity contribution >= 4 is 17.3 Å². The molecule has 1 aromatic rings. The zero-order chi connectivity index (χ0) is 10.7. The summed E-state index contributed by atoms with van der Waals surface area (Å²) in [5, 5.41) is 12.2. The van der Waals surface area contributed by atoms with Crippen LogP contribution in [0.1, 0.15) is 30.2 Å². The van der Waals surface area contributed by atoms with Crippen LogP contribution in [0, 0.1) is 5.92 Å². The second-order valence-corrected chi connectivity index (χ2v) is 4.75. The van der Waals surface area contributed by atoms with Gasteiger partial charge in [-0.25, -0.2) is 0 Å². The molecule has 0 unspecified atom stereocenters. The number of thiazole rings is 1. The molecule has 1 aromatic heterocycles. The lowest BCUT2D eigenvalue weighted by atomic mass is 9.87. The van der Waals surface area contributed by atoms with Gasteiger partial charge >= 0.3 is 5.97 Å². The molecule has 82 valence electrons. The molecule has 15 heavy (non-hydrogen) atoms. The van der Waals surface area contributed by atoms with E-state index in [0.717, 1.165) is 24.3 Å². The predicted octanol–water partition coefficient (Wildman–Crippen LogP) is 1.66. The maximum atomic E-state index is 10.7. The molecule has 0 aromatic carbocycles. The minimum atomic E-state index is -0.710. The molecule has 0 spiro atoms. The fourth-order valence-corrected chi connectivity index (χ4v) is 2.90. The normalized spacial score (nSPS) is 26.4. The van der Waals surface area contributed by atoms with E-state index in [0.29, 0.717) is 0 Å². The number of carbonyl (C=O) groups is 1. The quantitative estimate of drug-likeness (QED) is 0.822. The minimum absolute atomic E-state index is 0.183. The van der Waals surface area contributed by atoms with Gasteiger partial charge in [0.15, 0.2) is 0 Å². The second-order valence-electron chi connectivity index (χ2n) is 3.84. The number of nitrogens with zero attached hydrogens (tertiary/aromatic N) is 1. The first kappa shape index (κ1) is 10.6. The van der Waals surface area contributed by atoms with E-state index >= 15 is 0 Å². The predicted molar refractivity (Wildman–Crippen MR) is 57.8 cm³/mol. The smallest absolute Gasteiger partial charge is 0.303 e. The van der Waals surface area contributed by atoms with Gasteiger partial charge in [-0.1, -0.05) is 0 Å². The summed E-state index contributed by atoms with van der Waals surface area (Å²) < 4.78 is 0. The maximum Gasteiger partial charge on any atom is 0.303 e. The van der Waals surface area contributed by atoms with Crippen molar-refractivity contribution in [3.63, 3.8) is 0 Å². The summed E-state index contributed by atoms with van der Waals surface area (Å²) in [6.07, 6.45) is 4.13. The topological polar surface area (TPSA) is 62.2 Å². The Bertz CT molecular complexity index is 326. The van der Waals surface area contributed by atoms with Gasteiger partial charge in [-0.15, -0.1) is 11.3 Å². The third-order valence-electron chi connectivity index (χ3n) is 2.78. The van der Waals surface area contributed by atoms with E-state index in [-0.39, 0.29) is 18.4 Å². The van der Waals surface area contributed by atoms with Crippen LogP contribution in [-0.2, 0) is 4.79 Å². The fraction of sp³-hybridized carbons (Fsp3) is 0.600. The largest absolute Gasteiger partial charge is 0.481 e. The van der Waals surface area contributed by atoms with Crippen molar-refractivity contribution in [2.45, 2.75) is 25.3 Å². The fourth-order valence-electron chi connectivity index (χ4n) is 2.11. The Hall–Kier alpha value is -0.940. The van der Waals surface area contributed by atoms with Crippen molar-refractivity contribution in [2.75, 3.05) is 6.54 Å². The van der Waals surface area contributed by atoms with Crippen LogP contribution in [0.3, 0.4) is 0 Å². The van der Waals surface area contributed by atoms with Gasteiger partial charge in [-0.05, 0) is 25.3 Å². The maximum absolute atomic E-state index is 10.7. The van der Waals surface area contributed by atoms with Gasteiger partial charge in [-0.2, -0.15) is 0 Å². The first-order valence-corrected chi connectivity index (χ1v) is 5.99. The van der Waals surface area contributed by atoms with Crippen LogP contribution >= 0.6 is 11.3 Å². The van der Waals surface area contributed by atoms with Crippen molar-refractivity contribution in [3.05, 3.63) is 16.6 Å². The molecule has 0 saturated carbocycles. The van der Waals surface area contributed by atoms with Gasteiger partial charge < -0.3 is 10.4 Å². The molecule has 2 N–H and O–H groups in total. The van der Waals surface area contributed by atoms with Crippen LogP contribution in [0.15, 0.2) is 11.7 Å². The first-order valence-electron chi connectivity index (χ1n) is 5.11. The van der Waals surface area contributed by atoms with Crippen molar-refractivity contribution in [2.24, 2.45) is 5.92 Å². The van der Waals surface area contributed by atoms with E-state index in [1.165, 1.54) is 0 Å². The number of rotatable bonds is 3. The average Bonchev–Trinajstić information content (AvgIpc) is 2.70. The third-order valence-corrected chi connectivity index (χ3v) is 3.64. The number of hydrogen-bond acceptors (Lipinski definition) is 4. The summed E-state index contributed by atoms with van der Waals surface area (Å²) >= 11 is 1.59. The third kappa shape index (κ3) is 2.54. The molecule has 5 heteroatoms. The van der Waals surface area contributed by atoms with Gasteiger partial charge in [0.25, 0.3) is 0 Å². The van der Waals surface area contributed by atoms with Crippen LogP contribution in [0.5, 0.6) is 0 Å². The molecule has 2 heterocycles. The lowest BCUT2D eigenvalue weighted by Crippen LogP contribution is -2.34. The molecular weight excluding hydrogens is 212 g/mol. The van der Waals surface area contributed by atoms with Gasteiger partial charge in [0.05, 0.1) is 5.51 Å². The summed E-state index contributed by atoms with van der Waals surface area (Å²) in [6, 6.07) is 0.183. The summed E-state index contributed by atoms with van der Waals surface area (Å²) in [4.78, 5) is 15.9. The SMILES string of the molecule is O=C(O)C[C@H]1CCCN[C@@H]1c1cncs1. The Morgan fingerprint density at radius 3 is 3.27 bits per heavy atom. The van der Waals surface area contributed by atoms with Crippen LogP contribution in [0.25, 0.3) is 0 Å². The molecule has 2 atom stereocenters. The number of carboxylic acid groups (broad SMARTS) is 1. The molecule has 0 bridgehead atoms. The Morgan fingerprint density at radius 2 is 2.60 bits per heavy atom. The Balaban J connectivity index is 2.09. The molecular formula is C10H14N2O2S. The summed E-state index contributed by atoms with van der Waals surface area (Å²) in [7, 11) is 0. The van der Waals surface area contributed by atoms with E-state index in [1.54, 1.807) is 16.8 Å². The van der Waals surface area contributed by atoms with Crippen molar-refractivity contribution in [1.82, 2.24) is 10.3 Å². The van der Waals surface area contributed by atoms with Crippen molar-refractivity contribution in [3.8, 4) is 0 Å². The average molecular weight is 226 g/mol. The number of carboxylic acids is 1. The van der Waals surface area contributed by atoms with Gasteiger partial charge in [0.1, 0.15) is 0 Å². The molecule has 1 fully saturated rings. The highest BCUT2D eigenvalue weighted by atomic mass is 32.1. The number of nitrogens with one attached hydrogen (secondary N) is 1. The second kappa shape index (κ2) is 4.72. The van der Waals surface area contributed by atoms with Gasteiger partial charge in [0.2, 0.25) is 0 Å². The lowest BCUT2D eigenvalue weighted by Gasteiger charge is -2.30. The Morgan fingerprint density at radius 1 is 1.73 bits per heavy atom. The lowest BCUT2D eigenvalue weighted by molar-refractivity contribution is -0.138. The highest BCUT2D eigenvalue weighted by molar-refractivity contribution is 7.09. The van der Waals surface area contributed by atoms with Gasteiger partial charge in [-0.3, -0.25) is 9.78 Å². The molecule has 4 nitrogen and oxygen atoms in total. The molecule has 1 saturated heterocycles. The zero-order valence-corrected chi connectivity index (χ0v) is 9.17. The van der Waals surface area contributed by atoms with Gasteiger partial charge in [0, 0.05) is 23.5 Å². The van der Waals surface area contributed by atoms with Crippen LogP contribution < -0.4 is 5.32 Å². The minimum Gasteiger partial charge on any atom is -0.481 e. The highest BCUT2D eigenvalue weighted by Gasteiger charge is 2.28. The highest BCUT2D eigenvalue weighted by Crippen LogP contribution is 2.33. The monoisotopic (exact) mass is 226 g/mol. The van der Waals surface area contributed by atoms with E-state index in [1.807, 2.05) is 6.20 Å². The molecule has 0 radical (unpaired) electrons. The number of aromatic nitrogens is 1. The molecule has 1 aliphatic rings. The van der Waals surface area contributed by atoms with Crippen LogP contribution in [-0.4, -0.2) is 22.6 Å². The summed E-state index contributed by atoms with van der Waals surface area (Å²) in [6.45, 7) is 0.971. The van der Waals surface area contributed by atoms with Crippen LogP contribution in [0.2, 0.25) is 0 Å². The molecule has 0 amide bonds. The zero-order valence-electron chi connectivity index (χ0n) is 8.35. The number of piperidine rings is 1. The van der Waals surface area contributed by atoms with Crippen molar-refractivity contribution in [1.29, 1.82) is 0 Å². The Labute approximate surface area is 92.3 Å². The van der Waals surface area contributed by atoms with E-state index < -0.39 is 5.97 Å². The first-order chi connectivity index (χ1) is 7.27. The molecule has 1 aliphatic heterocycles.